The lowest BCUT2D eigenvalue weighted by atomic mass is 10.0. The monoisotopic (exact) mass is 486 g/mol. The van der Waals surface area contributed by atoms with Gasteiger partial charge in [0.25, 0.3) is 0 Å². The molecule has 1 atom stereocenters. The number of aryl methyl sites for hydroxylation is 2. The van der Waals surface area contributed by atoms with Crippen molar-refractivity contribution < 1.29 is 14.3 Å². The van der Waals surface area contributed by atoms with Gasteiger partial charge >= 0.3 is 0 Å². The SMILES string of the molecule is CCCNC(=O)C(Cc1ccccc1)N(Cc1ccccc1C)C(=O)CCCOc1ccc(C)cc1. The molecule has 190 valence electrons. The fourth-order valence-corrected chi connectivity index (χ4v) is 4.08. The molecule has 0 aliphatic carbocycles. The molecule has 5 heteroatoms. The van der Waals surface area contributed by atoms with Crippen LogP contribution in [0.1, 0.15) is 48.4 Å². The van der Waals surface area contributed by atoms with Crippen LogP contribution >= 0.6 is 0 Å². The Morgan fingerprint density at radius 3 is 2.31 bits per heavy atom. The van der Waals surface area contributed by atoms with Crippen LogP contribution in [-0.2, 0) is 22.6 Å². The first kappa shape index (κ1) is 27.0. The predicted molar refractivity (Wildman–Crippen MR) is 145 cm³/mol. The van der Waals surface area contributed by atoms with Gasteiger partial charge in [-0.15, -0.1) is 0 Å². The van der Waals surface area contributed by atoms with Crippen LogP contribution in [0.2, 0.25) is 0 Å². The molecule has 36 heavy (non-hydrogen) atoms. The van der Waals surface area contributed by atoms with Crippen molar-refractivity contribution in [3.63, 3.8) is 0 Å². The van der Waals surface area contributed by atoms with Gasteiger partial charge in [0, 0.05) is 25.9 Å². The highest BCUT2D eigenvalue weighted by atomic mass is 16.5. The van der Waals surface area contributed by atoms with Gasteiger partial charge in [-0.1, -0.05) is 79.2 Å². The molecule has 0 aromatic heterocycles. The quantitative estimate of drug-likeness (QED) is 0.319. The average Bonchev–Trinajstić information content (AvgIpc) is 2.89. The van der Waals surface area contributed by atoms with Gasteiger partial charge in [0.2, 0.25) is 11.8 Å². The van der Waals surface area contributed by atoms with Crippen LogP contribution in [0, 0.1) is 13.8 Å². The van der Waals surface area contributed by atoms with Crippen molar-refractivity contribution in [1.29, 1.82) is 0 Å². The maximum Gasteiger partial charge on any atom is 0.243 e. The van der Waals surface area contributed by atoms with Gasteiger partial charge in [0.1, 0.15) is 11.8 Å². The number of nitrogens with zero attached hydrogens (tertiary/aromatic N) is 1. The van der Waals surface area contributed by atoms with Crippen molar-refractivity contribution in [1.82, 2.24) is 10.2 Å². The summed E-state index contributed by atoms with van der Waals surface area (Å²) in [6.45, 7) is 7.52. The summed E-state index contributed by atoms with van der Waals surface area (Å²) in [7, 11) is 0. The Labute approximate surface area is 215 Å². The number of carbonyl (C=O) groups excluding carboxylic acids is 2. The number of carbonyl (C=O) groups is 2. The molecule has 0 radical (unpaired) electrons. The molecule has 0 bridgehead atoms. The molecular weight excluding hydrogens is 448 g/mol. The van der Waals surface area contributed by atoms with Gasteiger partial charge in [-0.3, -0.25) is 9.59 Å². The lowest BCUT2D eigenvalue weighted by Gasteiger charge is -2.32. The number of benzene rings is 3. The summed E-state index contributed by atoms with van der Waals surface area (Å²) in [6, 6.07) is 25.2. The van der Waals surface area contributed by atoms with Crippen molar-refractivity contribution in [2.75, 3.05) is 13.2 Å². The molecule has 1 N–H and O–H groups in total. The van der Waals surface area contributed by atoms with E-state index in [2.05, 4.69) is 5.32 Å². The third-order valence-electron chi connectivity index (χ3n) is 6.25. The summed E-state index contributed by atoms with van der Waals surface area (Å²) in [5.74, 6) is 0.641. The minimum absolute atomic E-state index is 0.0432. The van der Waals surface area contributed by atoms with Crippen LogP contribution in [0.15, 0.2) is 78.9 Å². The second-order valence-electron chi connectivity index (χ2n) is 9.21. The lowest BCUT2D eigenvalue weighted by Crippen LogP contribution is -2.50. The van der Waals surface area contributed by atoms with Gasteiger partial charge in [0.15, 0.2) is 0 Å². The lowest BCUT2D eigenvalue weighted by molar-refractivity contribution is -0.141. The van der Waals surface area contributed by atoms with Crippen LogP contribution in [0.5, 0.6) is 5.75 Å². The summed E-state index contributed by atoms with van der Waals surface area (Å²) >= 11 is 0. The van der Waals surface area contributed by atoms with E-state index in [9.17, 15) is 9.59 Å². The third-order valence-corrected chi connectivity index (χ3v) is 6.25. The molecule has 0 fully saturated rings. The zero-order valence-corrected chi connectivity index (χ0v) is 21.7. The van der Waals surface area contributed by atoms with Crippen molar-refractivity contribution >= 4 is 11.8 Å². The van der Waals surface area contributed by atoms with Gasteiger partial charge in [0.05, 0.1) is 6.61 Å². The van der Waals surface area contributed by atoms with E-state index in [1.54, 1.807) is 4.90 Å². The number of hydrogen-bond donors (Lipinski definition) is 1. The maximum absolute atomic E-state index is 13.6. The minimum atomic E-state index is -0.593. The minimum Gasteiger partial charge on any atom is -0.494 e. The topological polar surface area (TPSA) is 58.6 Å². The van der Waals surface area contributed by atoms with E-state index in [1.807, 2.05) is 99.6 Å². The van der Waals surface area contributed by atoms with E-state index >= 15 is 0 Å². The number of rotatable bonds is 13. The molecule has 0 saturated carbocycles. The first-order valence-corrected chi connectivity index (χ1v) is 12.8. The second kappa shape index (κ2) is 14.1. The molecule has 5 nitrogen and oxygen atoms in total. The van der Waals surface area contributed by atoms with E-state index in [0.29, 0.717) is 39.0 Å². The first-order chi connectivity index (χ1) is 17.5. The zero-order chi connectivity index (χ0) is 25.8. The maximum atomic E-state index is 13.6. The summed E-state index contributed by atoms with van der Waals surface area (Å²) in [6.07, 6.45) is 2.19. The van der Waals surface area contributed by atoms with Crippen LogP contribution in [0.4, 0.5) is 0 Å². The third kappa shape index (κ3) is 8.26. The second-order valence-corrected chi connectivity index (χ2v) is 9.21. The Hall–Kier alpha value is -3.60. The molecule has 3 aromatic carbocycles. The number of hydrogen-bond acceptors (Lipinski definition) is 3. The van der Waals surface area contributed by atoms with E-state index < -0.39 is 6.04 Å². The standard InChI is InChI=1S/C31H38N2O3/c1-4-20-32-31(35)29(22-26-12-6-5-7-13-26)33(23-27-14-9-8-11-25(27)3)30(34)15-10-21-36-28-18-16-24(2)17-19-28/h5-9,11-14,16-19,29H,4,10,15,20-23H2,1-3H3,(H,32,35). The molecule has 0 saturated heterocycles. The van der Waals surface area contributed by atoms with E-state index in [0.717, 1.165) is 28.9 Å². The van der Waals surface area contributed by atoms with E-state index in [4.69, 9.17) is 4.74 Å². The number of amides is 2. The Morgan fingerprint density at radius 1 is 0.917 bits per heavy atom. The van der Waals surface area contributed by atoms with Crippen LogP contribution in [0.25, 0.3) is 0 Å². The number of ether oxygens (including phenoxy) is 1. The van der Waals surface area contributed by atoms with E-state index in [-0.39, 0.29) is 11.8 Å². The van der Waals surface area contributed by atoms with Crippen LogP contribution in [-0.4, -0.2) is 35.9 Å². The summed E-state index contributed by atoms with van der Waals surface area (Å²) in [5, 5.41) is 3.02. The summed E-state index contributed by atoms with van der Waals surface area (Å²) in [4.78, 5) is 28.7. The fourth-order valence-electron chi connectivity index (χ4n) is 4.08. The predicted octanol–water partition coefficient (Wildman–Crippen LogP) is 5.63. The van der Waals surface area contributed by atoms with Crippen LogP contribution < -0.4 is 10.1 Å². The smallest absolute Gasteiger partial charge is 0.243 e. The molecule has 1 unspecified atom stereocenters. The summed E-state index contributed by atoms with van der Waals surface area (Å²) in [5.41, 5.74) is 4.35. The largest absolute Gasteiger partial charge is 0.494 e. The molecule has 0 spiro atoms. The van der Waals surface area contributed by atoms with Crippen molar-refractivity contribution in [2.24, 2.45) is 0 Å². The molecular formula is C31H38N2O3. The number of nitrogens with one attached hydrogen (secondary N) is 1. The van der Waals surface area contributed by atoms with Crippen molar-refractivity contribution in [3.8, 4) is 5.75 Å². The van der Waals surface area contributed by atoms with Gasteiger partial charge < -0.3 is 15.0 Å². The van der Waals surface area contributed by atoms with Crippen LogP contribution in [0.3, 0.4) is 0 Å². The Balaban J connectivity index is 1.78. The highest BCUT2D eigenvalue weighted by Gasteiger charge is 2.30. The zero-order valence-electron chi connectivity index (χ0n) is 21.7. The first-order valence-electron chi connectivity index (χ1n) is 12.8. The molecule has 3 aromatic rings. The van der Waals surface area contributed by atoms with Gasteiger partial charge in [-0.25, -0.2) is 0 Å². The van der Waals surface area contributed by atoms with E-state index in [1.165, 1.54) is 5.56 Å². The Morgan fingerprint density at radius 2 is 1.61 bits per heavy atom. The fraction of sp³-hybridized carbons (Fsp3) is 0.355. The van der Waals surface area contributed by atoms with Crippen molar-refractivity contribution in [3.05, 3.63) is 101 Å². The molecule has 0 heterocycles. The molecule has 3 rings (SSSR count). The molecule has 0 aliphatic heterocycles. The summed E-state index contributed by atoms with van der Waals surface area (Å²) < 4.78 is 5.84. The Kier molecular flexibility index (Phi) is 10.6. The molecule has 0 aliphatic rings. The Bertz CT molecular complexity index is 1100. The highest BCUT2D eigenvalue weighted by molar-refractivity contribution is 5.88. The van der Waals surface area contributed by atoms with Gasteiger partial charge in [-0.05, 0) is 55.5 Å². The van der Waals surface area contributed by atoms with Gasteiger partial charge in [-0.2, -0.15) is 0 Å². The molecule has 2 amide bonds. The average molecular weight is 487 g/mol. The van der Waals surface area contributed by atoms with Crippen molar-refractivity contribution in [2.45, 2.75) is 59.0 Å². The highest BCUT2D eigenvalue weighted by Crippen LogP contribution is 2.19. The normalized spacial score (nSPS) is 11.5.